The lowest BCUT2D eigenvalue weighted by Gasteiger charge is -2.38. The van der Waals surface area contributed by atoms with E-state index >= 15 is 0 Å². The van der Waals surface area contributed by atoms with Crippen LogP contribution < -0.4 is 5.32 Å². The van der Waals surface area contributed by atoms with Crippen molar-refractivity contribution in [1.82, 2.24) is 5.32 Å². The summed E-state index contributed by atoms with van der Waals surface area (Å²) in [5, 5.41) is 3.13. The third kappa shape index (κ3) is 2.39. The first kappa shape index (κ1) is 11.5. The van der Waals surface area contributed by atoms with E-state index in [-0.39, 0.29) is 5.41 Å². The molecular formula is C12H15F2NO. The number of rotatable bonds is 4. The monoisotopic (exact) mass is 227 g/mol. The summed E-state index contributed by atoms with van der Waals surface area (Å²) in [6, 6.07) is 4.23. The fourth-order valence-corrected chi connectivity index (χ4v) is 1.74. The van der Waals surface area contributed by atoms with Gasteiger partial charge in [-0.3, -0.25) is 0 Å². The Balaban J connectivity index is 1.87. The van der Waals surface area contributed by atoms with Crippen molar-refractivity contribution in [1.29, 1.82) is 0 Å². The number of hydrogen-bond acceptors (Lipinski definition) is 2. The van der Waals surface area contributed by atoms with Crippen molar-refractivity contribution in [3.8, 4) is 0 Å². The predicted octanol–water partition coefficient (Wildman–Crippen LogP) is 2.09. The molecular weight excluding hydrogens is 212 g/mol. The van der Waals surface area contributed by atoms with Gasteiger partial charge in [-0.1, -0.05) is 19.1 Å². The van der Waals surface area contributed by atoms with Gasteiger partial charge in [0, 0.05) is 24.1 Å². The maximum absolute atomic E-state index is 13.3. The van der Waals surface area contributed by atoms with Crippen LogP contribution in [0.1, 0.15) is 12.5 Å². The van der Waals surface area contributed by atoms with E-state index in [9.17, 15) is 8.78 Å². The second kappa shape index (κ2) is 4.47. The second-order valence-corrected chi connectivity index (χ2v) is 4.62. The van der Waals surface area contributed by atoms with E-state index in [0.717, 1.165) is 25.8 Å². The zero-order valence-electron chi connectivity index (χ0n) is 9.22. The number of halogens is 2. The normalized spacial score (nSPS) is 18.2. The van der Waals surface area contributed by atoms with E-state index < -0.39 is 11.6 Å². The molecule has 1 aliphatic heterocycles. The Morgan fingerprint density at radius 3 is 2.75 bits per heavy atom. The summed E-state index contributed by atoms with van der Waals surface area (Å²) in [5.41, 5.74) is 0.507. The third-order valence-corrected chi connectivity index (χ3v) is 2.80. The van der Waals surface area contributed by atoms with Crippen LogP contribution in [0.5, 0.6) is 0 Å². The highest BCUT2D eigenvalue weighted by molar-refractivity contribution is 5.18. The second-order valence-electron chi connectivity index (χ2n) is 4.62. The molecule has 1 aromatic rings. The number of nitrogens with one attached hydrogen (secondary N) is 1. The first-order chi connectivity index (χ1) is 7.61. The predicted molar refractivity (Wildman–Crippen MR) is 57.0 cm³/mol. The molecule has 0 spiro atoms. The van der Waals surface area contributed by atoms with E-state index in [1.807, 2.05) is 0 Å². The summed E-state index contributed by atoms with van der Waals surface area (Å²) in [7, 11) is 0. The summed E-state index contributed by atoms with van der Waals surface area (Å²) in [4.78, 5) is 0. The summed E-state index contributed by atoms with van der Waals surface area (Å²) < 4.78 is 31.3. The SMILES string of the molecule is CC1(CNCc2cccc(F)c2F)COC1. The van der Waals surface area contributed by atoms with Gasteiger partial charge in [0.15, 0.2) is 11.6 Å². The molecule has 1 N–H and O–H groups in total. The van der Waals surface area contributed by atoms with Crippen LogP contribution in [0.25, 0.3) is 0 Å². The van der Waals surface area contributed by atoms with Crippen molar-refractivity contribution in [3.63, 3.8) is 0 Å². The van der Waals surface area contributed by atoms with Gasteiger partial charge >= 0.3 is 0 Å². The molecule has 0 amide bonds. The third-order valence-electron chi connectivity index (χ3n) is 2.80. The molecule has 0 aliphatic carbocycles. The number of hydrogen-bond donors (Lipinski definition) is 1. The molecule has 0 aromatic heterocycles. The molecule has 1 aromatic carbocycles. The first-order valence-electron chi connectivity index (χ1n) is 5.32. The van der Waals surface area contributed by atoms with Gasteiger partial charge in [0.1, 0.15) is 0 Å². The van der Waals surface area contributed by atoms with Crippen molar-refractivity contribution < 1.29 is 13.5 Å². The van der Waals surface area contributed by atoms with E-state index in [0.29, 0.717) is 12.1 Å². The Hall–Kier alpha value is -1.00. The summed E-state index contributed by atoms with van der Waals surface area (Å²) in [6.07, 6.45) is 0. The average molecular weight is 227 g/mol. The molecule has 4 heteroatoms. The van der Waals surface area contributed by atoms with E-state index in [1.54, 1.807) is 6.07 Å². The quantitative estimate of drug-likeness (QED) is 0.850. The Kier molecular flexibility index (Phi) is 3.21. The minimum Gasteiger partial charge on any atom is -0.380 e. The van der Waals surface area contributed by atoms with Crippen LogP contribution in [0, 0.1) is 17.0 Å². The molecule has 0 bridgehead atoms. The van der Waals surface area contributed by atoms with Gasteiger partial charge in [-0.15, -0.1) is 0 Å². The van der Waals surface area contributed by atoms with E-state index in [1.165, 1.54) is 6.07 Å². The highest BCUT2D eigenvalue weighted by atomic mass is 19.2. The molecule has 16 heavy (non-hydrogen) atoms. The van der Waals surface area contributed by atoms with Gasteiger partial charge in [-0.05, 0) is 6.07 Å². The smallest absolute Gasteiger partial charge is 0.163 e. The molecule has 2 nitrogen and oxygen atoms in total. The largest absolute Gasteiger partial charge is 0.380 e. The molecule has 1 saturated heterocycles. The van der Waals surface area contributed by atoms with E-state index in [4.69, 9.17) is 4.74 Å². The molecule has 1 heterocycles. The highest BCUT2D eigenvalue weighted by Gasteiger charge is 2.32. The highest BCUT2D eigenvalue weighted by Crippen LogP contribution is 2.25. The molecule has 0 unspecified atom stereocenters. The fraction of sp³-hybridized carbons (Fsp3) is 0.500. The van der Waals surface area contributed by atoms with Gasteiger partial charge < -0.3 is 10.1 Å². The first-order valence-corrected chi connectivity index (χ1v) is 5.32. The van der Waals surface area contributed by atoms with Crippen LogP contribution in [0.2, 0.25) is 0 Å². The van der Waals surface area contributed by atoms with Crippen LogP contribution in [-0.2, 0) is 11.3 Å². The van der Waals surface area contributed by atoms with Gasteiger partial charge in [0.25, 0.3) is 0 Å². The van der Waals surface area contributed by atoms with Gasteiger partial charge in [-0.25, -0.2) is 8.78 Å². The Morgan fingerprint density at radius 1 is 1.38 bits per heavy atom. The van der Waals surface area contributed by atoms with Crippen LogP contribution in [0.15, 0.2) is 18.2 Å². The maximum atomic E-state index is 13.3. The number of ether oxygens (including phenoxy) is 1. The van der Waals surface area contributed by atoms with E-state index in [2.05, 4.69) is 12.2 Å². The van der Waals surface area contributed by atoms with Crippen molar-refractivity contribution in [2.45, 2.75) is 13.5 Å². The summed E-state index contributed by atoms with van der Waals surface area (Å²) >= 11 is 0. The van der Waals surface area contributed by atoms with Crippen LogP contribution in [0.3, 0.4) is 0 Å². The lowest BCUT2D eigenvalue weighted by atomic mass is 9.89. The molecule has 2 rings (SSSR count). The van der Waals surface area contributed by atoms with Crippen LogP contribution >= 0.6 is 0 Å². The Bertz CT molecular complexity index is 377. The molecule has 0 atom stereocenters. The van der Waals surface area contributed by atoms with Crippen molar-refractivity contribution >= 4 is 0 Å². The standard InChI is InChI=1S/C12H15F2NO/c1-12(7-16-8-12)6-15-5-9-3-2-4-10(13)11(9)14/h2-4,15H,5-8H2,1H3. The molecule has 0 radical (unpaired) electrons. The zero-order chi connectivity index (χ0) is 11.6. The molecule has 0 saturated carbocycles. The van der Waals surface area contributed by atoms with Gasteiger partial charge in [-0.2, -0.15) is 0 Å². The summed E-state index contributed by atoms with van der Waals surface area (Å²) in [6.45, 7) is 4.66. The van der Waals surface area contributed by atoms with Crippen molar-refractivity contribution in [2.75, 3.05) is 19.8 Å². The lowest BCUT2D eigenvalue weighted by Crippen LogP contribution is -2.47. The molecule has 1 aliphatic rings. The fourth-order valence-electron chi connectivity index (χ4n) is 1.74. The lowest BCUT2D eigenvalue weighted by molar-refractivity contribution is -0.0991. The van der Waals surface area contributed by atoms with Gasteiger partial charge in [0.2, 0.25) is 0 Å². The molecule has 1 fully saturated rings. The molecule has 88 valence electrons. The minimum absolute atomic E-state index is 0.143. The van der Waals surface area contributed by atoms with Crippen molar-refractivity contribution in [2.24, 2.45) is 5.41 Å². The summed E-state index contributed by atoms with van der Waals surface area (Å²) in [5.74, 6) is -1.55. The minimum atomic E-state index is -0.794. The van der Waals surface area contributed by atoms with Gasteiger partial charge in [0.05, 0.1) is 13.2 Å². The zero-order valence-corrected chi connectivity index (χ0v) is 9.22. The maximum Gasteiger partial charge on any atom is 0.163 e. The van der Waals surface area contributed by atoms with Crippen LogP contribution in [0.4, 0.5) is 8.78 Å². The Morgan fingerprint density at radius 2 is 2.12 bits per heavy atom. The van der Waals surface area contributed by atoms with Crippen LogP contribution in [-0.4, -0.2) is 19.8 Å². The Labute approximate surface area is 93.6 Å². The number of benzene rings is 1. The topological polar surface area (TPSA) is 21.3 Å². The van der Waals surface area contributed by atoms with Crippen molar-refractivity contribution in [3.05, 3.63) is 35.4 Å². The average Bonchev–Trinajstić information content (AvgIpc) is 2.22.